The molecule has 0 aliphatic rings. The first-order valence-corrected chi connectivity index (χ1v) is 6.49. The molecule has 0 bridgehead atoms. The lowest BCUT2D eigenvalue weighted by molar-refractivity contribution is 0.102. The molecule has 1 amide bonds. The molecule has 0 spiro atoms. The van der Waals surface area contributed by atoms with E-state index in [0.717, 1.165) is 16.3 Å². The Balaban J connectivity index is 2.18. The number of carbonyl (C=O) groups excluding carboxylic acids is 1. The number of amides is 1. The summed E-state index contributed by atoms with van der Waals surface area (Å²) in [6, 6.07) is 7.46. The summed E-state index contributed by atoms with van der Waals surface area (Å²) in [6.07, 6.45) is 0. The minimum Gasteiger partial charge on any atom is -0.320 e. The predicted molar refractivity (Wildman–Crippen MR) is 70.8 cm³/mol. The topological polar surface area (TPSA) is 42.0 Å². The number of rotatable bonds is 3. The molecule has 88 valence electrons. The number of hydrogen-bond donors (Lipinski definition) is 1. The molecule has 1 heterocycles. The molecule has 1 aromatic carbocycles. The Labute approximate surface area is 108 Å². The van der Waals surface area contributed by atoms with Gasteiger partial charge in [0.1, 0.15) is 5.69 Å². The van der Waals surface area contributed by atoms with E-state index in [-0.39, 0.29) is 5.91 Å². The monoisotopic (exact) mass is 266 g/mol. The molecule has 0 saturated carbocycles. The summed E-state index contributed by atoms with van der Waals surface area (Å²) >= 11 is 7.26. The number of alkyl halides is 1. The van der Waals surface area contributed by atoms with Crippen LogP contribution in [0.25, 0.3) is 0 Å². The number of thiazole rings is 1. The van der Waals surface area contributed by atoms with Crippen LogP contribution < -0.4 is 5.32 Å². The number of carbonyl (C=O) groups is 1. The summed E-state index contributed by atoms with van der Waals surface area (Å²) in [7, 11) is 0. The standard InChI is InChI=1S/C12H11ClN2OS/c1-8-14-11(7-17-8)12(16)15-10-5-3-2-4-9(10)6-13/h2-5,7H,6H2,1H3,(H,15,16). The van der Waals surface area contributed by atoms with Crippen molar-refractivity contribution in [3.63, 3.8) is 0 Å². The summed E-state index contributed by atoms with van der Waals surface area (Å²) in [4.78, 5) is 16.0. The Morgan fingerprint density at radius 2 is 2.24 bits per heavy atom. The van der Waals surface area contributed by atoms with Crippen LogP contribution in [0, 0.1) is 6.92 Å². The molecular weight excluding hydrogens is 256 g/mol. The Morgan fingerprint density at radius 3 is 2.88 bits per heavy atom. The van der Waals surface area contributed by atoms with Gasteiger partial charge in [0, 0.05) is 16.9 Å². The van der Waals surface area contributed by atoms with Gasteiger partial charge >= 0.3 is 0 Å². The molecule has 0 aliphatic carbocycles. The molecule has 3 nitrogen and oxygen atoms in total. The van der Waals surface area contributed by atoms with Crippen molar-refractivity contribution in [1.29, 1.82) is 0 Å². The minimum absolute atomic E-state index is 0.202. The highest BCUT2D eigenvalue weighted by atomic mass is 35.5. The average Bonchev–Trinajstić information content (AvgIpc) is 2.77. The first-order valence-electron chi connectivity index (χ1n) is 5.08. The van der Waals surface area contributed by atoms with Crippen LogP contribution in [0.15, 0.2) is 29.6 Å². The van der Waals surface area contributed by atoms with Crippen molar-refractivity contribution < 1.29 is 4.79 Å². The first kappa shape index (κ1) is 12.1. The smallest absolute Gasteiger partial charge is 0.275 e. The van der Waals surface area contributed by atoms with E-state index < -0.39 is 0 Å². The molecule has 2 rings (SSSR count). The lowest BCUT2D eigenvalue weighted by atomic mass is 10.2. The molecule has 5 heteroatoms. The van der Waals surface area contributed by atoms with Crippen LogP contribution in [-0.2, 0) is 5.88 Å². The fourth-order valence-corrected chi connectivity index (χ4v) is 2.24. The van der Waals surface area contributed by atoms with Crippen molar-refractivity contribution in [1.82, 2.24) is 4.98 Å². The quantitative estimate of drug-likeness (QED) is 0.865. The van der Waals surface area contributed by atoms with Crippen molar-refractivity contribution in [2.45, 2.75) is 12.8 Å². The number of aromatic nitrogens is 1. The second kappa shape index (κ2) is 5.29. The fourth-order valence-electron chi connectivity index (χ4n) is 1.41. The molecule has 0 aliphatic heterocycles. The zero-order valence-electron chi connectivity index (χ0n) is 9.24. The maximum absolute atomic E-state index is 11.9. The van der Waals surface area contributed by atoms with Gasteiger partial charge in [0.25, 0.3) is 5.91 Å². The number of para-hydroxylation sites is 1. The van der Waals surface area contributed by atoms with Gasteiger partial charge in [-0.15, -0.1) is 22.9 Å². The highest BCUT2D eigenvalue weighted by Crippen LogP contribution is 2.18. The van der Waals surface area contributed by atoms with Crippen molar-refractivity contribution in [3.05, 3.63) is 45.9 Å². The maximum atomic E-state index is 11.9. The minimum atomic E-state index is -0.202. The Kier molecular flexibility index (Phi) is 3.76. The third kappa shape index (κ3) is 2.84. The molecule has 1 N–H and O–H groups in total. The number of anilines is 1. The molecule has 0 atom stereocenters. The normalized spacial score (nSPS) is 10.2. The van der Waals surface area contributed by atoms with E-state index >= 15 is 0 Å². The summed E-state index contributed by atoms with van der Waals surface area (Å²) in [5.74, 6) is 0.166. The van der Waals surface area contributed by atoms with E-state index in [1.54, 1.807) is 5.38 Å². The molecule has 17 heavy (non-hydrogen) atoms. The average molecular weight is 267 g/mol. The van der Waals surface area contributed by atoms with E-state index in [9.17, 15) is 4.79 Å². The van der Waals surface area contributed by atoms with Gasteiger partial charge in [-0.3, -0.25) is 4.79 Å². The van der Waals surface area contributed by atoms with Gasteiger partial charge in [0.05, 0.1) is 5.01 Å². The maximum Gasteiger partial charge on any atom is 0.275 e. The van der Waals surface area contributed by atoms with Crippen molar-refractivity contribution in [2.75, 3.05) is 5.32 Å². The Hall–Kier alpha value is -1.39. The lowest BCUT2D eigenvalue weighted by Gasteiger charge is -2.07. The van der Waals surface area contributed by atoms with Crippen LogP contribution in [0.5, 0.6) is 0 Å². The molecule has 1 aromatic heterocycles. The summed E-state index contributed by atoms with van der Waals surface area (Å²) in [5.41, 5.74) is 2.07. The second-order valence-corrected chi connectivity index (χ2v) is 4.83. The van der Waals surface area contributed by atoms with Crippen LogP contribution in [0.2, 0.25) is 0 Å². The fraction of sp³-hybridized carbons (Fsp3) is 0.167. The van der Waals surface area contributed by atoms with Crippen LogP contribution in [-0.4, -0.2) is 10.9 Å². The molecule has 0 fully saturated rings. The molecule has 0 radical (unpaired) electrons. The van der Waals surface area contributed by atoms with Gasteiger partial charge < -0.3 is 5.32 Å². The van der Waals surface area contributed by atoms with Gasteiger partial charge in [-0.25, -0.2) is 4.98 Å². The van der Waals surface area contributed by atoms with Gasteiger partial charge in [-0.1, -0.05) is 18.2 Å². The SMILES string of the molecule is Cc1nc(C(=O)Nc2ccccc2CCl)cs1. The summed E-state index contributed by atoms with van der Waals surface area (Å²) in [6.45, 7) is 1.87. The van der Waals surface area contributed by atoms with Gasteiger partial charge in [-0.05, 0) is 18.6 Å². The van der Waals surface area contributed by atoms with E-state index in [1.807, 2.05) is 31.2 Å². The zero-order valence-corrected chi connectivity index (χ0v) is 10.8. The molecule has 0 unspecified atom stereocenters. The van der Waals surface area contributed by atoms with E-state index in [4.69, 9.17) is 11.6 Å². The van der Waals surface area contributed by atoms with Crippen LogP contribution in [0.3, 0.4) is 0 Å². The highest BCUT2D eigenvalue weighted by Gasteiger charge is 2.11. The van der Waals surface area contributed by atoms with E-state index in [1.165, 1.54) is 11.3 Å². The van der Waals surface area contributed by atoms with Crippen LogP contribution >= 0.6 is 22.9 Å². The second-order valence-electron chi connectivity index (χ2n) is 3.50. The summed E-state index contributed by atoms with van der Waals surface area (Å²) in [5, 5.41) is 5.43. The number of halogens is 1. The number of hydrogen-bond acceptors (Lipinski definition) is 3. The third-order valence-corrected chi connectivity index (χ3v) is 3.32. The van der Waals surface area contributed by atoms with Gasteiger partial charge in [-0.2, -0.15) is 0 Å². The van der Waals surface area contributed by atoms with Gasteiger partial charge in [0.15, 0.2) is 0 Å². The van der Waals surface area contributed by atoms with Gasteiger partial charge in [0.2, 0.25) is 0 Å². The molecular formula is C12H11ClN2OS. The van der Waals surface area contributed by atoms with Crippen molar-refractivity contribution >= 4 is 34.5 Å². The third-order valence-electron chi connectivity index (χ3n) is 2.26. The number of nitrogens with one attached hydrogen (secondary N) is 1. The van der Waals surface area contributed by atoms with Crippen LogP contribution in [0.1, 0.15) is 21.1 Å². The molecule has 0 saturated heterocycles. The predicted octanol–water partition coefficient (Wildman–Crippen LogP) is 3.44. The summed E-state index contributed by atoms with van der Waals surface area (Å²) < 4.78 is 0. The van der Waals surface area contributed by atoms with E-state index in [2.05, 4.69) is 10.3 Å². The number of nitrogens with zero attached hydrogens (tertiary/aromatic N) is 1. The van der Waals surface area contributed by atoms with Crippen LogP contribution in [0.4, 0.5) is 5.69 Å². The zero-order chi connectivity index (χ0) is 12.3. The largest absolute Gasteiger partial charge is 0.320 e. The van der Waals surface area contributed by atoms with E-state index in [0.29, 0.717) is 11.6 Å². The number of benzene rings is 1. The molecule has 2 aromatic rings. The first-order chi connectivity index (χ1) is 8.20. The van der Waals surface area contributed by atoms with Crippen molar-refractivity contribution in [2.24, 2.45) is 0 Å². The van der Waals surface area contributed by atoms with Crippen molar-refractivity contribution in [3.8, 4) is 0 Å². The lowest BCUT2D eigenvalue weighted by Crippen LogP contribution is -2.13. The Bertz CT molecular complexity index is 539. The highest BCUT2D eigenvalue weighted by molar-refractivity contribution is 7.09. The Morgan fingerprint density at radius 1 is 1.47 bits per heavy atom. The number of aryl methyl sites for hydroxylation is 1.